The Labute approximate surface area is 217 Å². The Hall–Kier alpha value is -3.85. The second-order valence-corrected chi connectivity index (χ2v) is 9.12. The number of nitrogen functional groups attached to an aromatic ring is 1. The number of halogens is 2. The summed E-state index contributed by atoms with van der Waals surface area (Å²) in [5.41, 5.74) is 7.78. The molecule has 0 aromatic heterocycles. The van der Waals surface area contributed by atoms with Crippen LogP contribution in [-0.2, 0) is 9.53 Å². The predicted molar refractivity (Wildman–Crippen MR) is 142 cm³/mol. The number of rotatable bonds is 9. The highest BCUT2D eigenvalue weighted by Gasteiger charge is 2.24. The molecule has 0 spiro atoms. The molecular formula is C27H27BrFN3O4. The summed E-state index contributed by atoms with van der Waals surface area (Å²) in [6.45, 7) is 1.86. The summed E-state index contributed by atoms with van der Waals surface area (Å²) in [5.74, 6) is -1.85. The van der Waals surface area contributed by atoms with E-state index in [2.05, 4.69) is 26.6 Å². The lowest BCUT2D eigenvalue weighted by Gasteiger charge is -2.25. The average molecular weight is 556 g/mol. The maximum atomic E-state index is 14.1. The van der Waals surface area contributed by atoms with Crippen LogP contribution < -0.4 is 16.4 Å². The van der Waals surface area contributed by atoms with Gasteiger partial charge in [-0.15, -0.1) is 0 Å². The first-order valence-electron chi connectivity index (χ1n) is 11.3. The lowest BCUT2D eigenvalue weighted by molar-refractivity contribution is -0.111. The zero-order valence-electron chi connectivity index (χ0n) is 19.6. The van der Waals surface area contributed by atoms with E-state index in [1.54, 1.807) is 54.6 Å². The van der Waals surface area contributed by atoms with Crippen LogP contribution in [0.4, 0.5) is 26.2 Å². The number of carbonyl (C=O) groups is 2. The Morgan fingerprint density at radius 2 is 1.83 bits per heavy atom. The third kappa shape index (κ3) is 7.84. The van der Waals surface area contributed by atoms with Gasteiger partial charge in [-0.3, -0.25) is 10.1 Å². The van der Waals surface area contributed by atoms with E-state index < -0.39 is 23.8 Å². The first-order valence-corrected chi connectivity index (χ1v) is 12.1. The lowest BCUT2D eigenvalue weighted by atomic mass is 9.93. The van der Waals surface area contributed by atoms with Gasteiger partial charge in [-0.2, -0.15) is 0 Å². The van der Waals surface area contributed by atoms with Gasteiger partial charge in [0.2, 0.25) is 5.91 Å². The number of nitrogens with one attached hydrogen (secondary N) is 2. The van der Waals surface area contributed by atoms with E-state index in [4.69, 9.17) is 10.5 Å². The third-order valence-corrected chi connectivity index (χ3v) is 5.95. The van der Waals surface area contributed by atoms with Gasteiger partial charge in [0.15, 0.2) is 11.6 Å². The van der Waals surface area contributed by atoms with E-state index in [9.17, 15) is 19.1 Å². The second-order valence-electron chi connectivity index (χ2n) is 8.20. The summed E-state index contributed by atoms with van der Waals surface area (Å²) in [6.07, 6.45) is 2.68. The molecule has 2 amide bonds. The minimum absolute atomic E-state index is 0.234. The van der Waals surface area contributed by atoms with Crippen molar-refractivity contribution in [1.29, 1.82) is 0 Å². The number of hydrogen-bond donors (Lipinski definition) is 4. The average Bonchev–Trinajstić information content (AvgIpc) is 2.85. The Balaban J connectivity index is 1.63. The van der Waals surface area contributed by atoms with Crippen molar-refractivity contribution in [2.24, 2.45) is 5.92 Å². The van der Waals surface area contributed by atoms with Crippen molar-refractivity contribution in [3.63, 3.8) is 0 Å². The molecule has 5 N–H and O–H groups in total. The number of para-hydroxylation sites is 2. The molecule has 0 saturated heterocycles. The molecule has 0 unspecified atom stereocenters. The predicted octanol–water partition coefficient (Wildman–Crippen LogP) is 6.78. The van der Waals surface area contributed by atoms with Crippen LogP contribution in [0.1, 0.15) is 31.4 Å². The molecule has 188 valence electrons. The highest BCUT2D eigenvalue weighted by atomic mass is 79.9. The van der Waals surface area contributed by atoms with Crippen LogP contribution in [-0.4, -0.2) is 17.1 Å². The van der Waals surface area contributed by atoms with Gasteiger partial charge < -0.3 is 20.9 Å². The molecule has 0 saturated carbocycles. The molecule has 0 heterocycles. The number of benzene rings is 3. The summed E-state index contributed by atoms with van der Waals surface area (Å²) in [5, 5.41) is 14.9. The van der Waals surface area contributed by atoms with Crippen molar-refractivity contribution in [1.82, 2.24) is 0 Å². The molecule has 0 bridgehead atoms. The molecule has 0 fully saturated rings. The number of ether oxygens (including phenoxy) is 1. The van der Waals surface area contributed by atoms with Crippen molar-refractivity contribution in [3.05, 3.63) is 94.7 Å². The van der Waals surface area contributed by atoms with Crippen LogP contribution in [0.3, 0.4) is 0 Å². The zero-order chi connectivity index (χ0) is 26.1. The topological polar surface area (TPSA) is 114 Å². The van der Waals surface area contributed by atoms with E-state index in [0.29, 0.717) is 35.5 Å². The molecular weight excluding hydrogens is 529 g/mol. The van der Waals surface area contributed by atoms with E-state index in [1.807, 2.05) is 6.92 Å². The molecule has 9 heteroatoms. The molecule has 2 atom stereocenters. The fourth-order valence-electron chi connectivity index (χ4n) is 3.49. The van der Waals surface area contributed by atoms with Gasteiger partial charge in [0, 0.05) is 10.2 Å². The fraction of sp³-hybridized carbons (Fsp3) is 0.185. The van der Waals surface area contributed by atoms with Crippen LogP contribution in [0.2, 0.25) is 0 Å². The number of nitrogens with two attached hydrogens (primary N) is 1. The van der Waals surface area contributed by atoms with Crippen molar-refractivity contribution in [3.8, 4) is 5.75 Å². The summed E-state index contributed by atoms with van der Waals surface area (Å²) in [6, 6.07) is 17.8. The smallest absolute Gasteiger partial charge is 0.412 e. The molecule has 0 radical (unpaired) electrons. The molecule has 3 aromatic rings. The molecule has 7 nitrogen and oxygen atoms in total. The molecule has 0 aliphatic carbocycles. The van der Waals surface area contributed by atoms with Gasteiger partial charge >= 0.3 is 6.09 Å². The Bertz CT molecular complexity index is 1230. The molecule has 36 heavy (non-hydrogen) atoms. The quantitative estimate of drug-likeness (QED) is 0.172. The number of amides is 2. The van der Waals surface area contributed by atoms with Gasteiger partial charge in [0.25, 0.3) is 0 Å². The van der Waals surface area contributed by atoms with Gasteiger partial charge in [0.05, 0.1) is 11.4 Å². The first-order chi connectivity index (χ1) is 17.2. The van der Waals surface area contributed by atoms with Crippen LogP contribution >= 0.6 is 15.9 Å². The summed E-state index contributed by atoms with van der Waals surface area (Å²) < 4.78 is 20.6. The van der Waals surface area contributed by atoms with Crippen LogP contribution in [0.15, 0.2) is 83.4 Å². The largest absolute Gasteiger partial charge is 0.505 e. The van der Waals surface area contributed by atoms with Crippen molar-refractivity contribution in [2.45, 2.75) is 25.9 Å². The highest BCUT2D eigenvalue weighted by molar-refractivity contribution is 9.10. The number of anilines is 3. The van der Waals surface area contributed by atoms with Crippen LogP contribution in [0.25, 0.3) is 0 Å². The van der Waals surface area contributed by atoms with Crippen molar-refractivity contribution >= 4 is 45.0 Å². The minimum Gasteiger partial charge on any atom is -0.505 e. The van der Waals surface area contributed by atoms with Gasteiger partial charge in [-0.05, 0) is 78.9 Å². The standard InChI is InChI=1S/C27H27BrFN3O4/c1-17(6-2-5-9-25(34)32-23-8-4-3-7-22(23)30)26(18-10-15-24(33)21(29)16-18)36-27(35)31-20-13-11-19(28)12-14-20/h3-5,7-17,26,33H,2,6,30H2,1H3,(H,31,35)(H,32,34)/b9-5+/t17-,26+/m1/s1. The maximum absolute atomic E-state index is 14.1. The van der Waals surface area contributed by atoms with Crippen LogP contribution in [0.5, 0.6) is 5.75 Å². The maximum Gasteiger partial charge on any atom is 0.412 e. The van der Waals surface area contributed by atoms with Crippen LogP contribution in [0, 0.1) is 11.7 Å². The molecule has 0 aliphatic rings. The third-order valence-electron chi connectivity index (χ3n) is 5.42. The molecule has 0 aliphatic heterocycles. The summed E-state index contributed by atoms with van der Waals surface area (Å²) in [4.78, 5) is 24.8. The zero-order valence-corrected chi connectivity index (χ0v) is 21.2. The SMILES string of the molecule is C[C@H](CC/C=C/C(=O)Nc1ccccc1N)[C@H](OC(=O)Nc1ccc(Br)cc1)c1ccc(O)c(F)c1. The number of aromatic hydroxyl groups is 1. The van der Waals surface area contributed by atoms with E-state index in [1.165, 1.54) is 18.2 Å². The second kappa shape index (κ2) is 12.7. The number of hydrogen-bond acceptors (Lipinski definition) is 5. The lowest BCUT2D eigenvalue weighted by Crippen LogP contribution is -2.22. The number of phenols is 1. The van der Waals surface area contributed by atoms with E-state index in [0.717, 1.165) is 10.5 Å². The highest BCUT2D eigenvalue weighted by Crippen LogP contribution is 2.32. The van der Waals surface area contributed by atoms with Gasteiger partial charge in [0.1, 0.15) is 6.10 Å². The van der Waals surface area contributed by atoms with E-state index >= 15 is 0 Å². The summed E-state index contributed by atoms with van der Waals surface area (Å²) in [7, 11) is 0. The minimum atomic E-state index is -0.807. The van der Waals surface area contributed by atoms with Crippen molar-refractivity contribution in [2.75, 3.05) is 16.4 Å². The first kappa shape index (κ1) is 26.7. The number of phenolic OH excluding ortho intramolecular Hbond substituents is 1. The Morgan fingerprint density at radius 1 is 1.11 bits per heavy atom. The normalized spacial score (nSPS) is 12.6. The van der Waals surface area contributed by atoms with E-state index in [-0.39, 0.29) is 11.8 Å². The van der Waals surface area contributed by atoms with Gasteiger partial charge in [-0.1, -0.05) is 47.1 Å². The monoisotopic (exact) mass is 555 g/mol. The summed E-state index contributed by atoms with van der Waals surface area (Å²) >= 11 is 3.34. The molecule has 3 rings (SSSR count). The Kier molecular flexibility index (Phi) is 9.46. The fourth-order valence-corrected chi connectivity index (χ4v) is 3.76. The molecule has 3 aromatic carbocycles. The number of carbonyl (C=O) groups excluding carboxylic acids is 2. The van der Waals surface area contributed by atoms with Gasteiger partial charge in [-0.25, -0.2) is 9.18 Å². The number of allylic oxidation sites excluding steroid dienone is 1. The van der Waals surface area contributed by atoms with Crippen molar-refractivity contribution < 1.29 is 23.8 Å². The Morgan fingerprint density at radius 3 is 2.53 bits per heavy atom.